The molecule has 0 atom stereocenters. The van der Waals surface area contributed by atoms with Gasteiger partial charge in [-0.25, -0.2) is 0 Å². The van der Waals surface area contributed by atoms with Gasteiger partial charge in [0.2, 0.25) is 0 Å². The first-order chi connectivity index (χ1) is 13.5. The maximum atomic E-state index is 2.33. The molecule has 0 saturated carbocycles. The largest absolute Gasteiger partial charge is 1.00 e. The van der Waals surface area contributed by atoms with Crippen LogP contribution in [-0.4, -0.2) is 5.49 Å². The van der Waals surface area contributed by atoms with Crippen LogP contribution in [0.2, 0.25) is 13.1 Å². The Labute approximate surface area is 209 Å². The van der Waals surface area contributed by atoms with E-state index in [-0.39, 0.29) is 30.3 Å². The molecule has 0 aliphatic rings. The normalized spacial score (nSPS) is 9.00. The number of hydrogen-bond donors (Lipinski definition) is 0. The van der Waals surface area contributed by atoms with Gasteiger partial charge in [0.15, 0.2) is 0 Å². The average molecular weight is 618 g/mol. The summed E-state index contributed by atoms with van der Waals surface area (Å²) in [6.07, 6.45) is 0. The second-order valence-corrected chi connectivity index (χ2v) is 19.9. The molecule has 0 saturated heterocycles. The third kappa shape index (κ3) is 10.7. The van der Waals surface area contributed by atoms with E-state index in [1.165, 1.54) is 56.4 Å². The summed E-state index contributed by atoms with van der Waals surface area (Å²) < 4.78 is 0. The van der Waals surface area contributed by atoms with E-state index < -0.39 is 0 Å². The molecule has 156 valence electrons. The van der Waals surface area contributed by atoms with Crippen LogP contribution in [0.25, 0.3) is 22.3 Å². The molecule has 0 nitrogen and oxygen atoms in total. The van der Waals surface area contributed by atoms with Crippen LogP contribution in [0.5, 0.6) is 0 Å². The second kappa shape index (κ2) is 15.6. The van der Waals surface area contributed by atoms with Crippen molar-refractivity contribution in [1.29, 1.82) is 0 Å². The predicted molar refractivity (Wildman–Crippen MR) is 122 cm³/mol. The maximum Gasteiger partial charge on any atom is -0.0469 e. The minimum absolute atomic E-state index is 0. The van der Waals surface area contributed by atoms with Gasteiger partial charge in [0.1, 0.15) is 0 Å². The van der Waals surface area contributed by atoms with Gasteiger partial charge in [-0.05, 0) is 13.8 Å². The fourth-order valence-electron chi connectivity index (χ4n) is 2.78. The molecule has 0 heterocycles. The number of aryl methyl sites for hydroxylation is 2. The van der Waals surface area contributed by atoms with Crippen molar-refractivity contribution < 1.29 is 47.8 Å². The van der Waals surface area contributed by atoms with Crippen LogP contribution in [0.4, 0.5) is 0 Å². The third-order valence-corrected chi connectivity index (χ3v) is 4.03. The van der Waals surface area contributed by atoms with Gasteiger partial charge < -0.3 is 24.8 Å². The van der Waals surface area contributed by atoms with Crippen molar-refractivity contribution in [1.82, 2.24) is 0 Å². The first-order valence-corrected chi connectivity index (χ1v) is 17.4. The van der Waals surface area contributed by atoms with Gasteiger partial charge in [-0.1, -0.05) is 46.5 Å². The van der Waals surface area contributed by atoms with E-state index in [1.807, 2.05) is 0 Å². The molecular weight excluding hydrogens is 590 g/mol. The maximum absolute atomic E-state index is 2.33. The minimum Gasteiger partial charge on any atom is -1.00 e. The van der Waals surface area contributed by atoms with E-state index in [0.29, 0.717) is 0 Å². The van der Waals surface area contributed by atoms with Crippen molar-refractivity contribution in [2.45, 2.75) is 26.9 Å². The molecule has 4 rings (SSSR count). The van der Waals surface area contributed by atoms with Crippen LogP contribution < -0.4 is 24.8 Å². The van der Waals surface area contributed by atoms with E-state index in [0.717, 1.165) is 0 Å². The van der Waals surface area contributed by atoms with E-state index in [9.17, 15) is 0 Å². The van der Waals surface area contributed by atoms with Crippen LogP contribution in [0.1, 0.15) is 11.1 Å². The van der Waals surface area contributed by atoms with Gasteiger partial charge in [-0.15, -0.1) is 59.7 Å². The van der Waals surface area contributed by atoms with Crippen molar-refractivity contribution in [2.24, 2.45) is 0 Å². The first-order valence-electron chi connectivity index (χ1n) is 9.55. The summed E-state index contributed by atoms with van der Waals surface area (Å²) in [5, 5.41) is 0. The minimum atomic E-state index is 0. The molecule has 0 bridgehead atoms. The summed E-state index contributed by atoms with van der Waals surface area (Å²) in [6, 6.07) is 33.9. The summed E-state index contributed by atoms with van der Waals surface area (Å²) in [5.74, 6) is 0. The van der Waals surface area contributed by atoms with Crippen LogP contribution in [0.15, 0.2) is 97.1 Å². The van der Waals surface area contributed by atoms with Crippen LogP contribution >= 0.6 is 0 Å². The van der Waals surface area contributed by atoms with Crippen molar-refractivity contribution in [2.75, 3.05) is 0 Å². The Morgan fingerprint density at radius 1 is 0.600 bits per heavy atom. The van der Waals surface area contributed by atoms with Crippen molar-refractivity contribution >= 4 is 5.49 Å². The summed E-state index contributed by atoms with van der Waals surface area (Å²) in [7, 11) is 0. The second-order valence-electron chi connectivity index (χ2n) is 7.09. The molecular formula is C26H28Cl2HfSi-2. The fourth-order valence-corrected chi connectivity index (χ4v) is 2.78. The van der Waals surface area contributed by atoms with E-state index in [4.69, 9.17) is 0 Å². The van der Waals surface area contributed by atoms with Crippen LogP contribution in [0, 0.1) is 13.8 Å². The Morgan fingerprint density at radius 3 is 1.17 bits per heavy atom. The SMILES string of the molecule is C[Si](C)=[Hf+2].Cc1cccc(-[c-]2cccc2)c1.Cc1cccc(-[c-]2cccc2)c1.[Cl-].[Cl-]. The first kappa shape index (κ1) is 28.8. The summed E-state index contributed by atoms with van der Waals surface area (Å²) in [5.41, 5.74) is 8.11. The Hall–Kier alpha value is -1.19. The molecule has 0 radical (unpaired) electrons. The van der Waals surface area contributed by atoms with E-state index >= 15 is 0 Å². The zero-order valence-electron chi connectivity index (χ0n) is 18.0. The van der Waals surface area contributed by atoms with Gasteiger partial charge >= 0.3 is 41.6 Å². The van der Waals surface area contributed by atoms with Gasteiger partial charge in [0, 0.05) is 0 Å². The summed E-state index contributed by atoms with van der Waals surface area (Å²) >= 11 is 1.45. The smallest absolute Gasteiger partial charge is 0.0469 e. The number of hydrogen-bond acceptors (Lipinski definition) is 0. The van der Waals surface area contributed by atoms with Crippen molar-refractivity contribution in [3.63, 3.8) is 0 Å². The van der Waals surface area contributed by atoms with Crippen molar-refractivity contribution in [3.8, 4) is 22.3 Å². The quantitative estimate of drug-likeness (QED) is 0.237. The van der Waals surface area contributed by atoms with Crippen LogP contribution in [-0.2, 0) is 23.0 Å². The Morgan fingerprint density at radius 2 is 0.900 bits per heavy atom. The molecule has 0 spiro atoms. The van der Waals surface area contributed by atoms with Gasteiger partial charge in [0.05, 0.1) is 0 Å². The zero-order chi connectivity index (χ0) is 20.4. The monoisotopic (exact) mass is 618 g/mol. The van der Waals surface area contributed by atoms with E-state index in [1.54, 1.807) is 0 Å². The number of rotatable bonds is 2. The van der Waals surface area contributed by atoms with Gasteiger partial charge in [-0.3, -0.25) is 0 Å². The van der Waals surface area contributed by atoms with Gasteiger partial charge in [0.25, 0.3) is 0 Å². The summed E-state index contributed by atoms with van der Waals surface area (Å²) in [4.78, 5) is 0. The fraction of sp³-hybridized carbons (Fsp3) is 0.154. The molecule has 0 fully saturated rings. The molecule has 4 aromatic carbocycles. The van der Waals surface area contributed by atoms with Crippen molar-refractivity contribution in [3.05, 3.63) is 108 Å². The predicted octanol–water partition coefficient (Wildman–Crippen LogP) is 1.55. The Balaban J connectivity index is 0.000000452. The standard InChI is InChI=1S/2C12H11.C2H6Si.2ClH.Hf/c2*1-10-5-4-8-12(9-10)11-6-2-3-7-11;1-3-2;;;/h2*2-9H,1H3;1-2H3;2*1H;/q2*-1;;;;+2/p-2. The molecule has 0 N–H and O–H groups in total. The third-order valence-electron chi connectivity index (χ3n) is 4.03. The topological polar surface area (TPSA) is 0 Å². The zero-order valence-corrected chi connectivity index (χ0v) is 24.1. The Kier molecular flexibility index (Phi) is 15.0. The summed E-state index contributed by atoms with van der Waals surface area (Å²) in [6.45, 7) is 8.90. The van der Waals surface area contributed by atoms with Gasteiger partial charge in [-0.2, -0.15) is 24.3 Å². The number of halogens is 2. The van der Waals surface area contributed by atoms with Crippen LogP contribution in [0.3, 0.4) is 0 Å². The molecule has 30 heavy (non-hydrogen) atoms. The molecule has 4 heteroatoms. The molecule has 0 amide bonds. The molecule has 0 unspecified atom stereocenters. The average Bonchev–Trinajstić information content (AvgIpc) is 3.36. The molecule has 0 aliphatic heterocycles. The van der Waals surface area contributed by atoms with E-state index in [2.05, 4.69) is 124 Å². The molecule has 4 aromatic rings. The number of benzene rings is 2. The Bertz CT molecular complexity index is 894. The molecule has 0 aromatic heterocycles. The molecule has 0 aliphatic carbocycles.